The van der Waals surface area contributed by atoms with Crippen LogP contribution in [0.2, 0.25) is 0 Å². The fourth-order valence-electron chi connectivity index (χ4n) is 1.49. The van der Waals surface area contributed by atoms with Gasteiger partial charge in [0.2, 0.25) is 11.8 Å². The molecule has 0 radical (unpaired) electrons. The molecule has 0 aromatic carbocycles. The number of nitrogens with zero attached hydrogens (tertiary/aromatic N) is 2. The molecule has 1 unspecified atom stereocenters. The molecule has 6 nitrogen and oxygen atoms in total. The van der Waals surface area contributed by atoms with Gasteiger partial charge in [0.05, 0.1) is 5.69 Å². The zero-order valence-corrected chi connectivity index (χ0v) is 8.86. The van der Waals surface area contributed by atoms with E-state index in [0.29, 0.717) is 18.7 Å². The topological polar surface area (TPSA) is 84.0 Å². The molecule has 1 fully saturated rings. The van der Waals surface area contributed by atoms with Crippen LogP contribution in [0.15, 0.2) is 12.1 Å². The number of amides is 2. The first-order chi connectivity index (χ1) is 7.65. The van der Waals surface area contributed by atoms with Crippen LogP contribution in [0.5, 0.6) is 0 Å². The number of piperidine rings is 1. The Bertz CT molecular complexity index is 415. The molecule has 0 bridgehead atoms. The van der Waals surface area contributed by atoms with Crippen LogP contribution >= 0.6 is 0 Å². The molecule has 2 amide bonds. The molecule has 2 heterocycles. The van der Waals surface area contributed by atoms with Crippen molar-refractivity contribution in [2.24, 2.45) is 0 Å². The molecule has 1 aliphatic rings. The SMILES string of the molecule is Cc1ccc(NC2CCC(=O)NC2=O)nn1. The number of aryl methyl sites for hydroxylation is 1. The van der Waals surface area contributed by atoms with E-state index >= 15 is 0 Å². The minimum Gasteiger partial charge on any atom is -0.357 e. The van der Waals surface area contributed by atoms with Crippen LogP contribution in [0.3, 0.4) is 0 Å². The number of rotatable bonds is 2. The summed E-state index contributed by atoms with van der Waals surface area (Å²) in [6.07, 6.45) is 0.836. The number of carbonyl (C=O) groups is 2. The summed E-state index contributed by atoms with van der Waals surface area (Å²) in [7, 11) is 0. The second-order valence-electron chi connectivity index (χ2n) is 3.71. The van der Waals surface area contributed by atoms with Gasteiger partial charge in [-0.05, 0) is 25.5 Å². The number of hydrogen-bond donors (Lipinski definition) is 2. The fraction of sp³-hybridized carbons (Fsp3) is 0.400. The Morgan fingerprint density at radius 1 is 1.38 bits per heavy atom. The Kier molecular flexibility index (Phi) is 2.80. The monoisotopic (exact) mass is 220 g/mol. The molecule has 0 spiro atoms. The maximum atomic E-state index is 11.4. The summed E-state index contributed by atoms with van der Waals surface area (Å²) in [5.74, 6) is 0.0109. The number of carbonyl (C=O) groups excluding carboxylic acids is 2. The molecule has 2 rings (SSSR count). The van der Waals surface area contributed by atoms with E-state index in [1.54, 1.807) is 12.1 Å². The maximum absolute atomic E-state index is 11.4. The summed E-state index contributed by atoms with van der Waals surface area (Å²) < 4.78 is 0. The number of nitrogens with one attached hydrogen (secondary N) is 2. The van der Waals surface area contributed by atoms with E-state index in [2.05, 4.69) is 20.8 Å². The van der Waals surface area contributed by atoms with Crippen LogP contribution < -0.4 is 10.6 Å². The van der Waals surface area contributed by atoms with Gasteiger partial charge in [0.1, 0.15) is 11.9 Å². The normalized spacial score (nSPS) is 20.4. The van der Waals surface area contributed by atoms with E-state index in [4.69, 9.17) is 0 Å². The molecule has 1 aromatic rings. The van der Waals surface area contributed by atoms with Crippen molar-refractivity contribution in [3.05, 3.63) is 17.8 Å². The van der Waals surface area contributed by atoms with Crippen molar-refractivity contribution >= 4 is 17.6 Å². The minimum absolute atomic E-state index is 0.224. The van der Waals surface area contributed by atoms with Crippen molar-refractivity contribution in [2.75, 3.05) is 5.32 Å². The molecular weight excluding hydrogens is 208 g/mol. The molecule has 1 atom stereocenters. The van der Waals surface area contributed by atoms with E-state index in [-0.39, 0.29) is 11.8 Å². The van der Waals surface area contributed by atoms with Crippen LogP contribution in [-0.4, -0.2) is 28.1 Å². The van der Waals surface area contributed by atoms with Crippen molar-refractivity contribution < 1.29 is 9.59 Å². The molecule has 16 heavy (non-hydrogen) atoms. The third-order valence-electron chi connectivity index (χ3n) is 2.36. The second kappa shape index (κ2) is 4.26. The van der Waals surface area contributed by atoms with E-state index in [0.717, 1.165) is 5.69 Å². The third-order valence-corrected chi connectivity index (χ3v) is 2.36. The molecule has 84 valence electrons. The predicted octanol–water partition coefficient (Wildman–Crippen LogP) is 0.00212. The highest BCUT2D eigenvalue weighted by Crippen LogP contribution is 2.10. The number of anilines is 1. The Balaban J connectivity index is 2.02. The van der Waals surface area contributed by atoms with Crippen molar-refractivity contribution in [3.63, 3.8) is 0 Å². The van der Waals surface area contributed by atoms with E-state index < -0.39 is 6.04 Å². The van der Waals surface area contributed by atoms with Crippen molar-refractivity contribution in [1.82, 2.24) is 15.5 Å². The Morgan fingerprint density at radius 3 is 2.81 bits per heavy atom. The van der Waals surface area contributed by atoms with Crippen LogP contribution in [0.4, 0.5) is 5.82 Å². The molecular formula is C10H12N4O2. The first kappa shape index (κ1) is 10.5. The van der Waals surface area contributed by atoms with Crippen LogP contribution in [0, 0.1) is 6.92 Å². The van der Waals surface area contributed by atoms with Gasteiger partial charge < -0.3 is 5.32 Å². The summed E-state index contributed by atoms with van der Waals surface area (Å²) in [5, 5.41) is 13.0. The highest BCUT2D eigenvalue weighted by Gasteiger charge is 2.26. The standard InChI is InChI=1S/C10H12N4O2/c1-6-2-4-8(14-13-6)11-7-3-5-9(15)12-10(7)16/h2,4,7H,3,5H2,1H3,(H,11,14)(H,12,15,16). The summed E-state index contributed by atoms with van der Waals surface area (Å²) in [4.78, 5) is 22.4. The summed E-state index contributed by atoms with van der Waals surface area (Å²) in [6, 6.07) is 3.16. The maximum Gasteiger partial charge on any atom is 0.249 e. The molecule has 1 aliphatic heterocycles. The highest BCUT2D eigenvalue weighted by atomic mass is 16.2. The fourth-order valence-corrected chi connectivity index (χ4v) is 1.49. The molecule has 1 saturated heterocycles. The average Bonchev–Trinajstić information content (AvgIpc) is 2.25. The molecule has 0 aliphatic carbocycles. The van der Waals surface area contributed by atoms with Gasteiger partial charge in [-0.3, -0.25) is 14.9 Å². The number of imide groups is 1. The predicted molar refractivity (Wildman–Crippen MR) is 56.6 cm³/mol. The third kappa shape index (κ3) is 2.33. The first-order valence-corrected chi connectivity index (χ1v) is 5.06. The van der Waals surface area contributed by atoms with E-state index in [1.165, 1.54) is 0 Å². The lowest BCUT2D eigenvalue weighted by atomic mass is 10.1. The zero-order valence-electron chi connectivity index (χ0n) is 8.86. The van der Waals surface area contributed by atoms with Crippen LogP contribution in [0.25, 0.3) is 0 Å². The van der Waals surface area contributed by atoms with Gasteiger partial charge >= 0.3 is 0 Å². The molecule has 6 heteroatoms. The Hall–Kier alpha value is -1.98. The summed E-state index contributed by atoms with van der Waals surface area (Å²) in [5.41, 5.74) is 0.814. The lowest BCUT2D eigenvalue weighted by molar-refractivity contribution is -0.133. The molecule has 0 saturated carbocycles. The minimum atomic E-state index is -0.408. The van der Waals surface area contributed by atoms with Gasteiger partial charge in [0.15, 0.2) is 0 Å². The summed E-state index contributed by atoms with van der Waals surface area (Å²) in [6.45, 7) is 1.84. The summed E-state index contributed by atoms with van der Waals surface area (Å²) >= 11 is 0. The molecule has 2 N–H and O–H groups in total. The van der Waals surface area contributed by atoms with Gasteiger partial charge in [0.25, 0.3) is 0 Å². The van der Waals surface area contributed by atoms with Crippen molar-refractivity contribution in [1.29, 1.82) is 0 Å². The quantitative estimate of drug-likeness (QED) is 0.685. The van der Waals surface area contributed by atoms with Gasteiger partial charge in [-0.15, -0.1) is 5.10 Å². The van der Waals surface area contributed by atoms with E-state index in [1.807, 2.05) is 6.92 Å². The number of aromatic nitrogens is 2. The van der Waals surface area contributed by atoms with Gasteiger partial charge in [0, 0.05) is 6.42 Å². The lowest BCUT2D eigenvalue weighted by Gasteiger charge is -2.21. The smallest absolute Gasteiger partial charge is 0.249 e. The first-order valence-electron chi connectivity index (χ1n) is 5.06. The largest absolute Gasteiger partial charge is 0.357 e. The van der Waals surface area contributed by atoms with Gasteiger partial charge in [-0.25, -0.2) is 0 Å². The lowest BCUT2D eigenvalue weighted by Crippen LogP contribution is -2.47. The van der Waals surface area contributed by atoms with Gasteiger partial charge in [-0.1, -0.05) is 0 Å². The van der Waals surface area contributed by atoms with Gasteiger partial charge in [-0.2, -0.15) is 5.10 Å². The Morgan fingerprint density at radius 2 is 2.19 bits per heavy atom. The zero-order chi connectivity index (χ0) is 11.5. The van der Waals surface area contributed by atoms with Crippen LogP contribution in [0.1, 0.15) is 18.5 Å². The van der Waals surface area contributed by atoms with Crippen LogP contribution in [-0.2, 0) is 9.59 Å². The van der Waals surface area contributed by atoms with Crippen molar-refractivity contribution in [3.8, 4) is 0 Å². The number of hydrogen-bond acceptors (Lipinski definition) is 5. The second-order valence-corrected chi connectivity index (χ2v) is 3.71. The van der Waals surface area contributed by atoms with E-state index in [9.17, 15) is 9.59 Å². The van der Waals surface area contributed by atoms with Crippen molar-refractivity contribution in [2.45, 2.75) is 25.8 Å². The highest BCUT2D eigenvalue weighted by molar-refractivity contribution is 6.01. The average molecular weight is 220 g/mol. The Labute approximate surface area is 92.4 Å². The molecule has 1 aromatic heterocycles.